The Morgan fingerprint density at radius 3 is 2.15 bits per heavy atom. The molecule has 4 rings (SSSR count). The van der Waals surface area contributed by atoms with Crippen molar-refractivity contribution in [3.63, 3.8) is 0 Å². The number of carbonyl (C=O) groups excluding carboxylic acids is 1. The van der Waals surface area contributed by atoms with Crippen LogP contribution in [0.4, 0.5) is 16.2 Å². The first-order valence-electron chi connectivity index (χ1n) is 8.44. The Bertz CT molecular complexity index is 1010. The fourth-order valence-corrected chi connectivity index (χ4v) is 6.06. The van der Waals surface area contributed by atoms with Gasteiger partial charge in [0, 0.05) is 5.69 Å². The Kier molecular flexibility index (Phi) is 4.00. The maximum Gasteiger partial charge on any atom is 0.329 e. The number of hydrogen-bond acceptors (Lipinski definition) is 3. The van der Waals surface area contributed by atoms with Crippen LogP contribution in [-0.4, -0.2) is 38.0 Å². The molecule has 2 aromatic carbocycles. The van der Waals surface area contributed by atoms with Gasteiger partial charge in [-0.2, -0.15) is 0 Å². The standard InChI is InChI=1S/C19H19ClN2O3S/c1-12-6-5-9-15(13(12)2)21-17-10-26(24,25)11-18(17)22(19(21)23)16-8-4-3-7-14(16)20/h3-9,17-18H,10-11H2,1-2H3/t17-,18+/m1/s1. The van der Waals surface area contributed by atoms with Crippen LogP contribution in [0.15, 0.2) is 42.5 Å². The Labute approximate surface area is 158 Å². The van der Waals surface area contributed by atoms with E-state index in [9.17, 15) is 13.2 Å². The number of fused-ring (bicyclic) bond motifs is 1. The molecule has 0 aliphatic carbocycles. The predicted molar refractivity (Wildman–Crippen MR) is 104 cm³/mol. The van der Waals surface area contributed by atoms with Crippen molar-refractivity contribution < 1.29 is 13.2 Å². The lowest BCUT2D eigenvalue weighted by atomic mass is 10.1. The maximum atomic E-state index is 13.3. The number of para-hydroxylation sites is 1. The Morgan fingerprint density at radius 1 is 0.923 bits per heavy atom. The quantitative estimate of drug-likeness (QED) is 0.736. The number of rotatable bonds is 2. The topological polar surface area (TPSA) is 57.7 Å². The third-order valence-electron chi connectivity index (χ3n) is 5.32. The summed E-state index contributed by atoms with van der Waals surface area (Å²) in [5.41, 5.74) is 3.35. The number of halogens is 1. The van der Waals surface area contributed by atoms with E-state index in [1.165, 1.54) is 0 Å². The van der Waals surface area contributed by atoms with Gasteiger partial charge >= 0.3 is 6.03 Å². The summed E-state index contributed by atoms with van der Waals surface area (Å²) in [5.74, 6) is -0.0757. The van der Waals surface area contributed by atoms with E-state index in [0.717, 1.165) is 16.8 Å². The third-order valence-corrected chi connectivity index (χ3v) is 7.33. The van der Waals surface area contributed by atoms with Crippen molar-refractivity contribution in [3.05, 3.63) is 58.6 Å². The molecule has 2 aliphatic heterocycles. The highest BCUT2D eigenvalue weighted by atomic mass is 35.5. The summed E-state index contributed by atoms with van der Waals surface area (Å²) >= 11 is 6.32. The molecule has 2 heterocycles. The molecule has 136 valence electrons. The van der Waals surface area contributed by atoms with E-state index in [-0.39, 0.29) is 17.5 Å². The van der Waals surface area contributed by atoms with Gasteiger partial charge in [-0.05, 0) is 43.2 Å². The molecular formula is C19H19ClN2O3S. The van der Waals surface area contributed by atoms with Crippen molar-refractivity contribution in [3.8, 4) is 0 Å². The molecule has 0 saturated carbocycles. The number of benzene rings is 2. The minimum atomic E-state index is -3.23. The molecule has 0 radical (unpaired) electrons. The summed E-state index contributed by atoms with van der Waals surface area (Å²) in [6.45, 7) is 3.93. The second kappa shape index (κ2) is 5.99. The largest absolute Gasteiger partial charge is 0.329 e. The zero-order valence-electron chi connectivity index (χ0n) is 14.5. The van der Waals surface area contributed by atoms with Crippen molar-refractivity contribution in [2.24, 2.45) is 0 Å². The summed E-state index contributed by atoms with van der Waals surface area (Å²) in [6, 6.07) is 11.7. The molecule has 26 heavy (non-hydrogen) atoms. The first-order chi connectivity index (χ1) is 12.3. The van der Waals surface area contributed by atoms with Gasteiger partial charge in [-0.1, -0.05) is 35.9 Å². The first-order valence-corrected chi connectivity index (χ1v) is 10.6. The molecule has 2 fully saturated rings. The zero-order valence-corrected chi connectivity index (χ0v) is 16.1. The van der Waals surface area contributed by atoms with Crippen molar-refractivity contribution in [2.45, 2.75) is 25.9 Å². The average Bonchev–Trinajstić information content (AvgIpc) is 3.00. The molecule has 0 N–H and O–H groups in total. The number of nitrogens with zero attached hydrogens (tertiary/aromatic N) is 2. The van der Waals surface area contributed by atoms with E-state index in [1.54, 1.807) is 34.1 Å². The van der Waals surface area contributed by atoms with Crippen LogP contribution < -0.4 is 9.80 Å². The molecular weight excluding hydrogens is 372 g/mol. The van der Waals surface area contributed by atoms with E-state index in [1.807, 2.05) is 32.0 Å². The summed E-state index contributed by atoms with van der Waals surface area (Å²) < 4.78 is 24.7. The molecule has 2 atom stereocenters. The maximum absolute atomic E-state index is 13.3. The SMILES string of the molecule is Cc1cccc(N2C(=O)N(c3ccccc3Cl)[C@H]3CS(=O)(=O)C[C@H]32)c1C. The van der Waals surface area contributed by atoms with Crippen molar-refractivity contribution in [1.29, 1.82) is 0 Å². The molecule has 0 aromatic heterocycles. The number of sulfone groups is 1. The second-order valence-corrected chi connectivity index (χ2v) is 9.47. The molecule has 0 bridgehead atoms. The molecule has 0 unspecified atom stereocenters. The highest BCUT2D eigenvalue weighted by molar-refractivity contribution is 7.91. The fraction of sp³-hybridized carbons (Fsp3) is 0.316. The predicted octanol–water partition coefficient (Wildman–Crippen LogP) is 3.57. The molecule has 5 nitrogen and oxygen atoms in total. The number of amides is 2. The highest BCUT2D eigenvalue weighted by Crippen LogP contribution is 2.41. The molecule has 2 aliphatic rings. The van der Waals surface area contributed by atoms with Gasteiger partial charge in [0.2, 0.25) is 0 Å². The first kappa shape index (κ1) is 17.4. The van der Waals surface area contributed by atoms with E-state index < -0.39 is 21.9 Å². The fourth-order valence-electron chi connectivity index (χ4n) is 3.91. The van der Waals surface area contributed by atoms with Crippen LogP contribution in [0.5, 0.6) is 0 Å². The van der Waals surface area contributed by atoms with Gasteiger partial charge in [-0.15, -0.1) is 0 Å². The molecule has 2 amide bonds. The zero-order chi connectivity index (χ0) is 18.6. The minimum Gasteiger partial charge on any atom is -0.288 e. The molecule has 7 heteroatoms. The number of carbonyl (C=O) groups is 1. The van der Waals surface area contributed by atoms with Gasteiger partial charge in [-0.25, -0.2) is 13.2 Å². The molecule has 0 spiro atoms. The smallest absolute Gasteiger partial charge is 0.288 e. The van der Waals surface area contributed by atoms with Crippen molar-refractivity contribution in [2.75, 3.05) is 21.3 Å². The van der Waals surface area contributed by atoms with Crippen molar-refractivity contribution >= 4 is 38.8 Å². The average molecular weight is 391 g/mol. The van der Waals surface area contributed by atoms with E-state index in [0.29, 0.717) is 10.7 Å². The van der Waals surface area contributed by atoms with Crippen LogP contribution in [0.25, 0.3) is 0 Å². The lowest BCUT2D eigenvalue weighted by molar-refractivity contribution is 0.255. The monoisotopic (exact) mass is 390 g/mol. The second-order valence-electron chi connectivity index (χ2n) is 6.90. The van der Waals surface area contributed by atoms with E-state index in [2.05, 4.69) is 0 Å². The summed E-state index contributed by atoms with van der Waals surface area (Å²) in [7, 11) is -3.23. The number of hydrogen-bond donors (Lipinski definition) is 0. The molecule has 2 saturated heterocycles. The van der Waals surface area contributed by atoms with Gasteiger partial charge in [0.25, 0.3) is 0 Å². The summed E-state index contributed by atoms with van der Waals surface area (Å²) in [4.78, 5) is 16.5. The van der Waals surface area contributed by atoms with Gasteiger partial charge in [-0.3, -0.25) is 9.80 Å². The summed E-state index contributed by atoms with van der Waals surface area (Å²) in [6.07, 6.45) is 0. The van der Waals surface area contributed by atoms with Crippen LogP contribution in [0.1, 0.15) is 11.1 Å². The van der Waals surface area contributed by atoms with E-state index in [4.69, 9.17) is 11.6 Å². The van der Waals surface area contributed by atoms with Crippen LogP contribution in [-0.2, 0) is 9.84 Å². The van der Waals surface area contributed by atoms with Crippen LogP contribution >= 0.6 is 11.6 Å². The Balaban J connectivity index is 1.87. The van der Waals surface area contributed by atoms with Crippen LogP contribution in [0.2, 0.25) is 5.02 Å². The van der Waals surface area contributed by atoms with Crippen LogP contribution in [0, 0.1) is 13.8 Å². The van der Waals surface area contributed by atoms with Gasteiger partial charge < -0.3 is 0 Å². The third kappa shape index (κ3) is 2.59. The van der Waals surface area contributed by atoms with Gasteiger partial charge in [0.1, 0.15) is 0 Å². The molecule has 2 aromatic rings. The van der Waals surface area contributed by atoms with Crippen molar-refractivity contribution in [1.82, 2.24) is 0 Å². The number of anilines is 2. The normalized spacial score (nSPS) is 24.2. The summed E-state index contributed by atoms with van der Waals surface area (Å²) in [5, 5.41) is 0.437. The van der Waals surface area contributed by atoms with Crippen LogP contribution in [0.3, 0.4) is 0 Å². The lowest BCUT2D eigenvalue weighted by Crippen LogP contribution is -2.38. The minimum absolute atomic E-state index is 0.0300. The Hall–Kier alpha value is -2.05. The number of aryl methyl sites for hydroxylation is 1. The Morgan fingerprint density at radius 2 is 1.50 bits per heavy atom. The highest BCUT2D eigenvalue weighted by Gasteiger charge is 2.55. The number of urea groups is 1. The van der Waals surface area contributed by atoms with Gasteiger partial charge in [0.05, 0.1) is 34.3 Å². The van der Waals surface area contributed by atoms with E-state index >= 15 is 0 Å². The van der Waals surface area contributed by atoms with Gasteiger partial charge in [0.15, 0.2) is 9.84 Å². The lowest BCUT2D eigenvalue weighted by Gasteiger charge is -2.25.